The molecule has 0 spiro atoms. The third-order valence-corrected chi connectivity index (χ3v) is 7.45. The summed E-state index contributed by atoms with van der Waals surface area (Å²) in [6.45, 7) is 13.1. The third-order valence-electron chi connectivity index (χ3n) is 7.45. The van der Waals surface area contributed by atoms with Crippen molar-refractivity contribution in [2.24, 2.45) is 5.92 Å². The third kappa shape index (κ3) is 9.77. The van der Waals surface area contributed by atoms with Gasteiger partial charge in [0, 0.05) is 35.8 Å². The zero-order chi connectivity index (χ0) is 31.4. The topological polar surface area (TPSA) is 93.1 Å². The van der Waals surface area contributed by atoms with Gasteiger partial charge in [-0.1, -0.05) is 74.7 Å². The van der Waals surface area contributed by atoms with E-state index in [-0.39, 0.29) is 25.1 Å². The summed E-state index contributed by atoms with van der Waals surface area (Å²) in [4.78, 5) is 24.2. The summed E-state index contributed by atoms with van der Waals surface area (Å²) in [5.74, 6) is -0.443. The Balaban J connectivity index is 1.83. The van der Waals surface area contributed by atoms with Gasteiger partial charge in [-0.15, -0.1) is 0 Å². The maximum atomic E-state index is 12.6. The van der Waals surface area contributed by atoms with Crippen LogP contribution >= 0.6 is 0 Å². The van der Waals surface area contributed by atoms with E-state index in [0.717, 1.165) is 71.9 Å². The zero-order valence-electron chi connectivity index (χ0n) is 25.7. The van der Waals surface area contributed by atoms with Crippen LogP contribution in [0.1, 0.15) is 56.7 Å². The number of carbonyl (C=O) groups excluding carboxylic acids is 2. The fraction of sp³-hybridized carbons (Fsp3) is 0.351. The van der Waals surface area contributed by atoms with Gasteiger partial charge in [0.15, 0.2) is 0 Å². The Labute approximate surface area is 255 Å². The van der Waals surface area contributed by atoms with Crippen LogP contribution in [-0.2, 0) is 33.6 Å². The second kappa shape index (κ2) is 16.6. The fourth-order valence-electron chi connectivity index (χ4n) is 4.82. The first-order chi connectivity index (χ1) is 20.7. The van der Waals surface area contributed by atoms with Crippen LogP contribution in [0.5, 0.6) is 5.75 Å². The number of carbonyl (C=O) groups is 2. The summed E-state index contributed by atoms with van der Waals surface area (Å²) >= 11 is 0. The number of aryl methyl sites for hydroxylation is 3. The number of hydrogen-bond donors (Lipinski definition) is 2. The van der Waals surface area contributed by atoms with Crippen LogP contribution in [0.15, 0.2) is 85.0 Å². The SMILES string of the molecule is C=C(C)C(=O)OCCCc1ccc(-c2ccc(-c3ccc(CCCC(CO)CO)cc3CC)c(OC(=O)C(=C)C)c2)cc1. The molecule has 0 fully saturated rings. The molecule has 3 aromatic rings. The summed E-state index contributed by atoms with van der Waals surface area (Å²) in [5.41, 5.74) is 7.96. The van der Waals surface area contributed by atoms with E-state index in [2.05, 4.69) is 50.4 Å². The molecule has 0 radical (unpaired) electrons. The molecule has 0 aliphatic heterocycles. The molecule has 0 saturated carbocycles. The molecule has 0 unspecified atom stereocenters. The molecule has 0 bridgehead atoms. The first-order valence-corrected chi connectivity index (χ1v) is 14.9. The Morgan fingerprint density at radius 1 is 0.767 bits per heavy atom. The minimum Gasteiger partial charge on any atom is -0.462 e. The molecule has 43 heavy (non-hydrogen) atoms. The van der Waals surface area contributed by atoms with E-state index in [4.69, 9.17) is 9.47 Å². The number of benzene rings is 3. The predicted molar refractivity (Wildman–Crippen MR) is 172 cm³/mol. The number of aliphatic hydroxyl groups excluding tert-OH is 2. The smallest absolute Gasteiger partial charge is 0.338 e. The van der Waals surface area contributed by atoms with Gasteiger partial charge in [-0.3, -0.25) is 0 Å². The molecule has 0 aliphatic carbocycles. The lowest BCUT2D eigenvalue weighted by molar-refractivity contribution is -0.139. The first-order valence-electron chi connectivity index (χ1n) is 14.9. The van der Waals surface area contributed by atoms with Gasteiger partial charge in [-0.05, 0) is 91.8 Å². The van der Waals surface area contributed by atoms with E-state index in [1.807, 2.05) is 30.3 Å². The monoisotopic (exact) mass is 584 g/mol. The molecular formula is C37H44O6. The molecular weight excluding hydrogens is 540 g/mol. The minimum absolute atomic E-state index is 0.00372. The molecule has 0 aromatic heterocycles. The molecule has 6 heteroatoms. The predicted octanol–water partition coefficient (Wildman–Crippen LogP) is 7.04. The summed E-state index contributed by atoms with van der Waals surface area (Å²) in [7, 11) is 0. The zero-order valence-corrected chi connectivity index (χ0v) is 25.7. The lowest BCUT2D eigenvalue weighted by Gasteiger charge is -2.17. The Morgan fingerprint density at radius 3 is 2.00 bits per heavy atom. The van der Waals surface area contributed by atoms with Crippen LogP contribution in [0.25, 0.3) is 22.3 Å². The highest BCUT2D eigenvalue weighted by atomic mass is 16.5. The van der Waals surface area contributed by atoms with Crippen molar-refractivity contribution in [2.75, 3.05) is 19.8 Å². The maximum absolute atomic E-state index is 12.6. The lowest BCUT2D eigenvalue weighted by atomic mass is 9.92. The molecule has 228 valence electrons. The Kier molecular flexibility index (Phi) is 12.9. The van der Waals surface area contributed by atoms with E-state index < -0.39 is 5.97 Å². The lowest BCUT2D eigenvalue weighted by Crippen LogP contribution is -2.11. The fourth-order valence-corrected chi connectivity index (χ4v) is 4.82. The summed E-state index contributed by atoms with van der Waals surface area (Å²) in [6, 6.07) is 20.5. The van der Waals surface area contributed by atoms with E-state index in [1.54, 1.807) is 13.8 Å². The van der Waals surface area contributed by atoms with Crippen molar-refractivity contribution >= 4 is 11.9 Å². The van der Waals surface area contributed by atoms with Gasteiger partial charge in [-0.25, -0.2) is 9.59 Å². The van der Waals surface area contributed by atoms with Crippen molar-refractivity contribution in [1.82, 2.24) is 0 Å². The van der Waals surface area contributed by atoms with Gasteiger partial charge < -0.3 is 19.7 Å². The van der Waals surface area contributed by atoms with Gasteiger partial charge in [0.25, 0.3) is 0 Å². The van der Waals surface area contributed by atoms with E-state index in [9.17, 15) is 19.8 Å². The van der Waals surface area contributed by atoms with Crippen molar-refractivity contribution in [3.05, 3.63) is 102 Å². The highest BCUT2D eigenvalue weighted by Gasteiger charge is 2.16. The van der Waals surface area contributed by atoms with Crippen molar-refractivity contribution in [1.29, 1.82) is 0 Å². The van der Waals surface area contributed by atoms with Gasteiger partial charge >= 0.3 is 11.9 Å². The number of aliphatic hydroxyl groups is 2. The first kappa shape index (κ1) is 33.5. The van der Waals surface area contributed by atoms with Crippen LogP contribution in [-0.4, -0.2) is 42.0 Å². The van der Waals surface area contributed by atoms with Gasteiger partial charge in [-0.2, -0.15) is 0 Å². The normalized spacial score (nSPS) is 10.9. The van der Waals surface area contributed by atoms with Crippen LogP contribution in [0.4, 0.5) is 0 Å². The summed E-state index contributed by atoms with van der Waals surface area (Å²) in [5, 5.41) is 18.7. The van der Waals surface area contributed by atoms with Gasteiger partial charge in [0.05, 0.1) is 6.61 Å². The maximum Gasteiger partial charge on any atom is 0.338 e. The highest BCUT2D eigenvalue weighted by molar-refractivity contribution is 5.91. The molecule has 3 aromatic carbocycles. The van der Waals surface area contributed by atoms with Crippen molar-refractivity contribution in [3.63, 3.8) is 0 Å². The standard InChI is InChI=1S/C37H44O6/c1-6-30-21-28(9-7-10-29(23-38)24-39)14-18-33(30)34-19-17-32(22-35(34)43-37(41)26(4)5)31-15-12-27(13-16-31)11-8-20-42-36(40)25(2)3/h12-19,21-22,29,38-39H,2,4,6-11,20,23-24H2,1,3,5H3. The highest BCUT2D eigenvalue weighted by Crippen LogP contribution is 2.37. The van der Waals surface area contributed by atoms with Crippen LogP contribution in [0.3, 0.4) is 0 Å². The Bertz CT molecular complexity index is 1420. The van der Waals surface area contributed by atoms with E-state index in [0.29, 0.717) is 23.5 Å². The molecule has 0 aliphatic rings. The summed E-state index contributed by atoms with van der Waals surface area (Å²) in [6.07, 6.45) is 4.82. The molecule has 0 heterocycles. The van der Waals surface area contributed by atoms with Crippen LogP contribution in [0.2, 0.25) is 0 Å². The average molecular weight is 585 g/mol. The average Bonchev–Trinajstić information content (AvgIpc) is 3.01. The number of ether oxygens (including phenoxy) is 2. The van der Waals surface area contributed by atoms with Gasteiger partial charge in [0.1, 0.15) is 5.75 Å². The summed E-state index contributed by atoms with van der Waals surface area (Å²) < 4.78 is 11.0. The molecule has 0 saturated heterocycles. The van der Waals surface area contributed by atoms with Crippen molar-refractivity contribution in [2.45, 2.75) is 59.3 Å². The quantitative estimate of drug-likeness (QED) is 0.0812. The largest absolute Gasteiger partial charge is 0.462 e. The molecule has 3 rings (SSSR count). The molecule has 0 atom stereocenters. The number of rotatable bonds is 16. The number of esters is 2. The van der Waals surface area contributed by atoms with Gasteiger partial charge in [0.2, 0.25) is 0 Å². The van der Waals surface area contributed by atoms with Crippen molar-refractivity contribution in [3.8, 4) is 28.0 Å². The van der Waals surface area contributed by atoms with E-state index >= 15 is 0 Å². The van der Waals surface area contributed by atoms with Crippen LogP contribution < -0.4 is 4.74 Å². The van der Waals surface area contributed by atoms with Crippen LogP contribution in [0, 0.1) is 5.92 Å². The minimum atomic E-state index is -0.474. The Morgan fingerprint density at radius 2 is 1.37 bits per heavy atom. The van der Waals surface area contributed by atoms with Crippen molar-refractivity contribution < 1.29 is 29.3 Å². The van der Waals surface area contributed by atoms with E-state index in [1.165, 1.54) is 5.56 Å². The molecule has 0 amide bonds. The molecule has 6 nitrogen and oxygen atoms in total. The Hall–Kier alpha value is -4.00. The number of hydrogen-bond acceptors (Lipinski definition) is 6. The second-order valence-electron chi connectivity index (χ2n) is 11.1. The second-order valence-corrected chi connectivity index (χ2v) is 11.1. The molecule has 2 N–H and O–H groups in total.